The molecule has 6 heteroatoms. The summed E-state index contributed by atoms with van der Waals surface area (Å²) in [6, 6.07) is 0. The van der Waals surface area contributed by atoms with E-state index in [2.05, 4.69) is 17.2 Å². The van der Waals surface area contributed by atoms with Crippen LogP contribution in [0.3, 0.4) is 0 Å². The van der Waals surface area contributed by atoms with E-state index < -0.39 is 12.2 Å². The van der Waals surface area contributed by atoms with Crippen LogP contribution in [0.1, 0.15) is 26.2 Å². The molecule has 0 saturated carbocycles. The number of likely N-dealkylation sites (tertiary alicyclic amines) is 1. The number of hydrogen-bond donors (Lipinski definition) is 1. The zero-order valence-corrected chi connectivity index (χ0v) is 13.1. The molecule has 1 N–H and O–H groups in total. The fourth-order valence-electron chi connectivity index (χ4n) is 1.88. The van der Waals surface area contributed by atoms with E-state index in [4.69, 9.17) is 4.74 Å². The number of rotatable bonds is 6. The summed E-state index contributed by atoms with van der Waals surface area (Å²) in [4.78, 5) is 27.2. The Hall–Kier alpha value is -1.74. The molecule has 0 aromatic carbocycles. The van der Waals surface area contributed by atoms with Gasteiger partial charge in [0.15, 0.2) is 6.10 Å². The predicted molar refractivity (Wildman–Crippen MR) is 80.7 cm³/mol. The second-order valence-electron chi connectivity index (χ2n) is 5.31. The number of nitrogens with zero attached hydrogens (tertiary/aromatic N) is 2. The third-order valence-electron chi connectivity index (χ3n) is 3.09. The number of nitrogens with one attached hydrogen (secondary N) is 1. The van der Waals surface area contributed by atoms with Crippen LogP contribution in [0.15, 0.2) is 0 Å². The quantitative estimate of drug-likeness (QED) is 0.578. The van der Waals surface area contributed by atoms with Crippen molar-refractivity contribution in [1.29, 1.82) is 0 Å². The van der Waals surface area contributed by atoms with Gasteiger partial charge in [0.05, 0.1) is 13.1 Å². The molecule has 1 aliphatic heterocycles. The Kier molecular flexibility index (Phi) is 7.62. The van der Waals surface area contributed by atoms with Crippen molar-refractivity contribution in [3.05, 3.63) is 0 Å². The van der Waals surface area contributed by atoms with Gasteiger partial charge in [-0.2, -0.15) is 0 Å². The Morgan fingerprint density at radius 1 is 1.48 bits per heavy atom. The van der Waals surface area contributed by atoms with Crippen LogP contribution >= 0.6 is 0 Å². The maximum absolute atomic E-state index is 12.0. The van der Waals surface area contributed by atoms with Crippen LogP contribution in [0.5, 0.6) is 0 Å². The van der Waals surface area contributed by atoms with E-state index in [0.717, 1.165) is 12.8 Å². The van der Waals surface area contributed by atoms with Gasteiger partial charge in [0, 0.05) is 19.5 Å². The van der Waals surface area contributed by atoms with Gasteiger partial charge < -0.3 is 15.0 Å². The lowest BCUT2D eigenvalue weighted by Gasteiger charge is -2.14. The first kappa shape index (κ1) is 17.3. The van der Waals surface area contributed by atoms with E-state index in [1.807, 2.05) is 25.9 Å². The fraction of sp³-hybridized carbons (Fsp3) is 0.733. The van der Waals surface area contributed by atoms with Crippen LogP contribution in [-0.4, -0.2) is 68.2 Å². The molecule has 1 atom stereocenters. The van der Waals surface area contributed by atoms with Crippen molar-refractivity contribution in [3.8, 4) is 11.8 Å². The maximum Gasteiger partial charge on any atom is 0.407 e. The lowest BCUT2D eigenvalue weighted by Crippen LogP contribution is -2.35. The average molecular weight is 295 g/mol. The summed E-state index contributed by atoms with van der Waals surface area (Å²) in [6.45, 7) is 4.27. The summed E-state index contributed by atoms with van der Waals surface area (Å²) < 4.78 is 5.15. The van der Waals surface area contributed by atoms with Crippen LogP contribution in [0.4, 0.5) is 4.79 Å². The lowest BCUT2D eigenvalue weighted by atomic mass is 10.3. The van der Waals surface area contributed by atoms with Gasteiger partial charge in [0.2, 0.25) is 0 Å². The van der Waals surface area contributed by atoms with Crippen molar-refractivity contribution in [1.82, 2.24) is 15.1 Å². The highest BCUT2D eigenvalue weighted by molar-refractivity contribution is 5.85. The van der Waals surface area contributed by atoms with Gasteiger partial charge >= 0.3 is 6.09 Å². The van der Waals surface area contributed by atoms with Gasteiger partial charge in [0.25, 0.3) is 5.91 Å². The van der Waals surface area contributed by atoms with E-state index in [9.17, 15) is 9.59 Å². The van der Waals surface area contributed by atoms with E-state index >= 15 is 0 Å². The van der Waals surface area contributed by atoms with Crippen LogP contribution in [0, 0.1) is 11.8 Å². The summed E-state index contributed by atoms with van der Waals surface area (Å²) >= 11 is 0. The minimum Gasteiger partial charge on any atom is -0.436 e. The molecule has 21 heavy (non-hydrogen) atoms. The lowest BCUT2D eigenvalue weighted by molar-refractivity contribution is -0.134. The largest absolute Gasteiger partial charge is 0.436 e. The Labute approximate surface area is 126 Å². The Morgan fingerprint density at radius 2 is 2.24 bits per heavy atom. The Balaban J connectivity index is 2.31. The molecule has 0 aromatic heterocycles. The molecular formula is C15H25N3O3. The zero-order chi connectivity index (χ0) is 15.7. The molecule has 0 aliphatic carbocycles. The van der Waals surface area contributed by atoms with Crippen LogP contribution < -0.4 is 5.32 Å². The van der Waals surface area contributed by atoms with Gasteiger partial charge in [-0.15, -0.1) is 0 Å². The van der Waals surface area contributed by atoms with Crippen molar-refractivity contribution in [2.75, 3.05) is 40.3 Å². The number of hydrogen-bond acceptors (Lipinski definition) is 4. The first-order chi connectivity index (χ1) is 10.0. The van der Waals surface area contributed by atoms with E-state index in [-0.39, 0.29) is 5.91 Å². The van der Waals surface area contributed by atoms with E-state index in [1.165, 1.54) is 0 Å². The summed E-state index contributed by atoms with van der Waals surface area (Å²) in [5.41, 5.74) is 0. The average Bonchev–Trinajstić information content (AvgIpc) is 2.76. The molecule has 0 unspecified atom stereocenters. The number of unbranched alkanes of at least 4 members (excludes halogenated alkanes) is 1. The molecule has 2 amide bonds. The van der Waals surface area contributed by atoms with E-state index in [1.54, 1.807) is 4.90 Å². The first-order valence-electron chi connectivity index (χ1n) is 7.38. The molecule has 1 saturated heterocycles. The van der Waals surface area contributed by atoms with Crippen LogP contribution in [0.2, 0.25) is 0 Å². The van der Waals surface area contributed by atoms with Gasteiger partial charge in [0.1, 0.15) is 0 Å². The second kappa shape index (κ2) is 9.24. The summed E-state index contributed by atoms with van der Waals surface area (Å²) in [5, 5.41) is 2.65. The van der Waals surface area contributed by atoms with Crippen molar-refractivity contribution in [3.63, 3.8) is 0 Å². The topological polar surface area (TPSA) is 61.9 Å². The van der Waals surface area contributed by atoms with Crippen LogP contribution in [-0.2, 0) is 9.53 Å². The highest BCUT2D eigenvalue weighted by Crippen LogP contribution is 2.14. The molecule has 0 radical (unpaired) electrons. The summed E-state index contributed by atoms with van der Waals surface area (Å²) in [7, 11) is 3.88. The molecule has 1 aliphatic rings. The molecule has 6 nitrogen and oxygen atoms in total. The molecule has 1 heterocycles. The molecule has 1 rings (SSSR count). The minimum absolute atomic E-state index is 0.153. The normalized spacial score (nSPS) is 17.6. The Morgan fingerprint density at radius 3 is 2.90 bits per heavy atom. The molecule has 118 valence electrons. The summed E-state index contributed by atoms with van der Waals surface area (Å²) in [6.07, 6.45) is 1.27. The van der Waals surface area contributed by atoms with Gasteiger partial charge in [-0.3, -0.25) is 9.69 Å². The van der Waals surface area contributed by atoms with Crippen molar-refractivity contribution >= 4 is 12.0 Å². The first-order valence-corrected chi connectivity index (χ1v) is 7.38. The standard InChI is InChI=1S/C15H25N3O3/c1-4-5-9-16-15(20)21-13-8-12-18(14(13)19)11-7-6-10-17(2)3/h13H,4-5,8-12H2,1-3H3,(H,16,20)/t13-/m0/s1. The van der Waals surface area contributed by atoms with Gasteiger partial charge in [-0.25, -0.2) is 4.79 Å². The maximum atomic E-state index is 12.0. The SMILES string of the molecule is CCCCNC(=O)O[C@H]1CCN(CC#CCN(C)C)C1=O. The molecule has 0 aromatic rings. The number of ether oxygens (including phenoxy) is 1. The number of alkyl carbamates (subject to hydrolysis) is 1. The number of amides is 2. The second-order valence-corrected chi connectivity index (χ2v) is 5.31. The fourth-order valence-corrected chi connectivity index (χ4v) is 1.88. The highest BCUT2D eigenvalue weighted by Gasteiger charge is 2.33. The van der Waals surface area contributed by atoms with Crippen molar-refractivity contribution in [2.45, 2.75) is 32.3 Å². The zero-order valence-electron chi connectivity index (χ0n) is 13.1. The monoisotopic (exact) mass is 295 g/mol. The summed E-state index contributed by atoms with van der Waals surface area (Å²) in [5.74, 6) is 5.79. The third kappa shape index (κ3) is 6.50. The molecule has 0 spiro atoms. The number of carbonyl (C=O) groups is 2. The van der Waals surface area contributed by atoms with Crippen molar-refractivity contribution < 1.29 is 14.3 Å². The van der Waals surface area contributed by atoms with Crippen LogP contribution in [0.25, 0.3) is 0 Å². The van der Waals surface area contributed by atoms with Crippen molar-refractivity contribution in [2.24, 2.45) is 0 Å². The minimum atomic E-state index is -0.665. The molecular weight excluding hydrogens is 270 g/mol. The van der Waals surface area contributed by atoms with Gasteiger partial charge in [-0.1, -0.05) is 25.2 Å². The molecule has 1 fully saturated rings. The third-order valence-corrected chi connectivity index (χ3v) is 3.09. The number of carbonyl (C=O) groups excluding carboxylic acids is 2. The smallest absolute Gasteiger partial charge is 0.407 e. The highest BCUT2D eigenvalue weighted by atomic mass is 16.6. The molecule has 0 bridgehead atoms. The predicted octanol–water partition coefficient (Wildman–Crippen LogP) is 0.679. The van der Waals surface area contributed by atoms with Gasteiger partial charge in [-0.05, 0) is 20.5 Å². The van der Waals surface area contributed by atoms with E-state index in [0.29, 0.717) is 32.6 Å². The Bertz CT molecular complexity index is 412.